The zero-order valence-corrected chi connectivity index (χ0v) is 17.6. The van der Waals surface area contributed by atoms with Gasteiger partial charge in [0.25, 0.3) is 0 Å². The molecule has 0 radical (unpaired) electrons. The lowest BCUT2D eigenvalue weighted by Crippen LogP contribution is -2.39. The summed E-state index contributed by atoms with van der Waals surface area (Å²) >= 11 is 0. The van der Waals surface area contributed by atoms with Crippen molar-refractivity contribution in [3.8, 4) is 0 Å². The Morgan fingerprint density at radius 1 is 1.03 bits per heavy atom. The summed E-state index contributed by atoms with van der Waals surface area (Å²) in [6.45, 7) is 2.78. The number of nitro groups is 1. The lowest BCUT2D eigenvalue weighted by molar-refractivity contribution is -0.384. The van der Waals surface area contributed by atoms with Gasteiger partial charge >= 0.3 is 5.69 Å². The van der Waals surface area contributed by atoms with Crippen molar-refractivity contribution >= 4 is 17.5 Å². The van der Waals surface area contributed by atoms with Gasteiger partial charge in [0.1, 0.15) is 6.20 Å². The molecule has 2 aromatic rings. The van der Waals surface area contributed by atoms with Crippen molar-refractivity contribution in [1.82, 2.24) is 14.9 Å². The average Bonchev–Trinajstić information content (AvgIpc) is 2.77. The lowest BCUT2D eigenvalue weighted by Gasteiger charge is -2.32. The van der Waals surface area contributed by atoms with Gasteiger partial charge in [-0.2, -0.15) is 4.98 Å². The average molecular weight is 427 g/mol. The molecule has 0 amide bonds. The van der Waals surface area contributed by atoms with E-state index < -0.39 is 4.92 Å². The zero-order chi connectivity index (χ0) is 21.6. The summed E-state index contributed by atoms with van der Waals surface area (Å²) in [5, 5.41) is 27.7. The van der Waals surface area contributed by atoms with Crippen LogP contribution in [0.5, 0.6) is 0 Å². The standard InChI is InChI=1S/C22H30N6O3/c29-19-8-6-17(7-9-19)25-22-23-14-20(28(30)31)21(26-22)24-18-10-12-27(13-11-18)15-16-4-2-1-3-5-16/h1-5,14,17-19,29H,6-13,15H2,(H2,23,24,25,26). The normalized spacial score (nSPS) is 22.7. The van der Waals surface area contributed by atoms with E-state index in [2.05, 4.69) is 49.8 Å². The fraction of sp³-hybridized carbons (Fsp3) is 0.545. The Kier molecular flexibility index (Phi) is 6.93. The Hall–Kier alpha value is -2.78. The van der Waals surface area contributed by atoms with Crippen LogP contribution in [0, 0.1) is 10.1 Å². The fourth-order valence-corrected chi connectivity index (χ4v) is 4.36. The highest BCUT2D eigenvalue weighted by atomic mass is 16.6. The molecule has 31 heavy (non-hydrogen) atoms. The maximum atomic E-state index is 11.5. The molecule has 166 valence electrons. The molecule has 1 saturated carbocycles. The molecule has 0 unspecified atom stereocenters. The zero-order valence-electron chi connectivity index (χ0n) is 17.6. The number of anilines is 2. The predicted molar refractivity (Wildman–Crippen MR) is 119 cm³/mol. The Bertz CT molecular complexity index is 865. The van der Waals surface area contributed by atoms with Gasteiger partial charge in [-0.3, -0.25) is 15.0 Å². The molecular weight excluding hydrogens is 396 g/mol. The number of aliphatic hydroxyl groups is 1. The number of likely N-dealkylation sites (tertiary alicyclic amines) is 1. The molecular formula is C22H30N6O3. The van der Waals surface area contributed by atoms with Crippen LogP contribution in [0.1, 0.15) is 44.1 Å². The second-order valence-corrected chi connectivity index (χ2v) is 8.51. The largest absolute Gasteiger partial charge is 0.393 e. The highest BCUT2D eigenvalue weighted by Crippen LogP contribution is 2.27. The van der Waals surface area contributed by atoms with E-state index in [1.54, 1.807) is 0 Å². The summed E-state index contributed by atoms with van der Waals surface area (Å²) in [5.74, 6) is 0.677. The highest BCUT2D eigenvalue weighted by Gasteiger charge is 2.25. The van der Waals surface area contributed by atoms with Crippen molar-refractivity contribution in [2.45, 2.75) is 63.3 Å². The van der Waals surface area contributed by atoms with Crippen LogP contribution in [0.25, 0.3) is 0 Å². The number of rotatable bonds is 7. The predicted octanol–water partition coefficient (Wildman–Crippen LogP) is 3.18. The van der Waals surface area contributed by atoms with Gasteiger partial charge in [0.05, 0.1) is 11.0 Å². The summed E-state index contributed by atoms with van der Waals surface area (Å²) in [6, 6.07) is 10.7. The van der Waals surface area contributed by atoms with Crippen LogP contribution in [0.15, 0.2) is 36.5 Å². The second kappa shape index (κ2) is 10.0. The highest BCUT2D eigenvalue weighted by molar-refractivity contribution is 5.57. The third kappa shape index (κ3) is 5.89. The van der Waals surface area contributed by atoms with Crippen molar-refractivity contribution in [3.05, 3.63) is 52.2 Å². The van der Waals surface area contributed by atoms with Gasteiger partial charge in [-0.05, 0) is 44.1 Å². The summed E-state index contributed by atoms with van der Waals surface area (Å²) in [5.41, 5.74) is 1.20. The van der Waals surface area contributed by atoms with Crippen LogP contribution in [0.3, 0.4) is 0 Å². The minimum Gasteiger partial charge on any atom is -0.393 e. The molecule has 0 atom stereocenters. The van der Waals surface area contributed by atoms with Crippen molar-refractivity contribution in [2.75, 3.05) is 23.7 Å². The minimum atomic E-state index is -0.437. The van der Waals surface area contributed by atoms with Gasteiger partial charge < -0.3 is 15.7 Å². The Morgan fingerprint density at radius 3 is 2.39 bits per heavy atom. The monoisotopic (exact) mass is 426 g/mol. The van der Waals surface area contributed by atoms with E-state index in [0.717, 1.165) is 58.2 Å². The van der Waals surface area contributed by atoms with Crippen molar-refractivity contribution in [3.63, 3.8) is 0 Å². The van der Waals surface area contributed by atoms with Gasteiger partial charge in [0.15, 0.2) is 0 Å². The first-order valence-electron chi connectivity index (χ1n) is 11.1. The van der Waals surface area contributed by atoms with Crippen molar-refractivity contribution in [1.29, 1.82) is 0 Å². The minimum absolute atomic E-state index is 0.101. The van der Waals surface area contributed by atoms with Crippen molar-refractivity contribution in [2.24, 2.45) is 0 Å². The lowest BCUT2D eigenvalue weighted by atomic mass is 9.93. The van der Waals surface area contributed by atoms with Gasteiger partial charge in [-0.15, -0.1) is 0 Å². The summed E-state index contributed by atoms with van der Waals surface area (Å²) in [4.78, 5) is 22.0. The first-order chi connectivity index (χ1) is 15.1. The first kappa shape index (κ1) is 21.5. The molecule has 0 spiro atoms. The molecule has 1 saturated heterocycles. The van der Waals surface area contributed by atoms with Gasteiger partial charge in [0.2, 0.25) is 11.8 Å². The van der Waals surface area contributed by atoms with E-state index in [4.69, 9.17) is 0 Å². The van der Waals surface area contributed by atoms with Crippen molar-refractivity contribution < 1.29 is 10.0 Å². The van der Waals surface area contributed by atoms with Crippen LogP contribution in [0.4, 0.5) is 17.5 Å². The van der Waals surface area contributed by atoms with E-state index in [1.807, 2.05) is 6.07 Å². The maximum absolute atomic E-state index is 11.5. The molecule has 4 rings (SSSR count). The number of aromatic nitrogens is 2. The number of nitrogens with zero attached hydrogens (tertiary/aromatic N) is 4. The topological polar surface area (TPSA) is 116 Å². The van der Waals surface area contributed by atoms with Gasteiger partial charge in [-0.1, -0.05) is 30.3 Å². The van der Waals surface area contributed by atoms with Crippen LogP contribution in [0.2, 0.25) is 0 Å². The number of hydrogen-bond donors (Lipinski definition) is 3. The molecule has 1 aliphatic carbocycles. The second-order valence-electron chi connectivity index (χ2n) is 8.51. The number of nitrogens with one attached hydrogen (secondary N) is 2. The van der Waals surface area contributed by atoms with E-state index in [-0.39, 0.29) is 29.7 Å². The molecule has 9 heteroatoms. The van der Waals surface area contributed by atoms with E-state index >= 15 is 0 Å². The van der Waals surface area contributed by atoms with Crippen LogP contribution in [-0.2, 0) is 6.54 Å². The van der Waals surface area contributed by atoms with Gasteiger partial charge in [0, 0.05) is 31.7 Å². The molecule has 2 heterocycles. The third-order valence-electron chi connectivity index (χ3n) is 6.17. The molecule has 2 aliphatic rings. The number of aliphatic hydroxyl groups excluding tert-OH is 1. The number of hydrogen-bond acceptors (Lipinski definition) is 8. The summed E-state index contributed by atoms with van der Waals surface area (Å²) in [6.07, 6.45) is 6.01. The van der Waals surface area contributed by atoms with E-state index in [1.165, 1.54) is 11.8 Å². The molecule has 9 nitrogen and oxygen atoms in total. The Labute approximate surface area is 182 Å². The van der Waals surface area contributed by atoms with Crippen LogP contribution in [-0.4, -0.2) is 56.2 Å². The van der Waals surface area contributed by atoms with Gasteiger partial charge in [-0.25, -0.2) is 4.98 Å². The number of piperidine rings is 1. The first-order valence-corrected chi connectivity index (χ1v) is 11.1. The molecule has 1 aromatic carbocycles. The maximum Gasteiger partial charge on any atom is 0.329 e. The van der Waals surface area contributed by atoms with Crippen LogP contribution >= 0.6 is 0 Å². The Morgan fingerprint density at radius 2 is 1.71 bits per heavy atom. The molecule has 1 aromatic heterocycles. The van der Waals surface area contributed by atoms with E-state index in [0.29, 0.717) is 5.95 Å². The fourth-order valence-electron chi connectivity index (χ4n) is 4.36. The quantitative estimate of drug-likeness (QED) is 0.457. The summed E-state index contributed by atoms with van der Waals surface area (Å²) in [7, 11) is 0. The van der Waals surface area contributed by atoms with E-state index in [9.17, 15) is 15.2 Å². The van der Waals surface area contributed by atoms with Crippen LogP contribution < -0.4 is 10.6 Å². The molecule has 0 bridgehead atoms. The molecule has 3 N–H and O–H groups in total. The smallest absolute Gasteiger partial charge is 0.329 e. The SMILES string of the molecule is O=[N+]([O-])c1cnc(NC2CCC(O)CC2)nc1NC1CCN(Cc2ccccc2)CC1. The number of benzene rings is 1. The molecule has 2 fully saturated rings. The molecule has 1 aliphatic heterocycles. The third-order valence-corrected chi connectivity index (χ3v) is 6.17. The summed E-state index contributed by atoms with van der Waals surface area (Å²) < 4.78 is 0. The Balaban J connectivity index is 1.36.